The van der Waals surface area contributed by atoms with E-state index in [9.17, 15) is 0 Å². The topological polar surface area (TPSA) is 50.3 Å². The van der Waals surface area contributed by atoms with E-state index in [4.69, 9.17) is 4.74 Å². The summed E-state index contributed by atoms with van der Waals surface area (Å²) in [5, 5.41) is 3.02. The van der Waals surface area contributed by atoms with Crippen molar-refractivity contribution < 1.29 is 4.74 Å². The Kier molecular flexibility index (Phi) is 6.04. The van der Waals surface area contributed by atoms with Crippen LogP contribution in [0.2, 0.25) is 0 Å². The van der Waals surface area contributed by atoms with Crippen molar-refractivity contribution in [3.63, 3.8) is 0 Å². The summed E-state index contributed by atoms with van der Waals surface area (Å²) in [7, 11) is 5.52. The summed E-state index contributed by atoms with van der Waals surface area (Å²) in [5.41, 5.74) is 0. The van der Waals surface area contributed by atoms with Gasteiger partial charge in [0.2, 0.25) is 5.75 Å². The molecule has 1 aromatic rings. The van der Waals surface area contributed by atoms with Crippen molar-refractivity contribution >= 4 is 23.4 Å². The minimum atomic E-state index is 0.438. The fourth-order valence-electron chi connectivity index (χ4n) is 1.85. The molecular formula is C12H22N4OS. The van der Waals surface area contributed by atoms with E-state index in [1.807, 2.05) is 18.8 Å². The molecule has 0 saturated heterocycles. The smallest absolute Gasteiger partial charge is 0.204 e. The predicted octanol–water partition coefficient (Wildman–Crippen LogP) is 2.10. The molecule has 0 amide bonds. The van der Waals surface area contributed by atoms with Gasteiger partial charge in [-0.15, -0.1) is 0 Å². The lowest BCUT2D eigenvalue weighted by molar-refractivity contribution is 0.411. The van der Waals surface area contributed by atoms with E-state index in [0.717, 1.165) is 18.0 Å². The first-order valence-electron chi connectivity index (χ1n) is 5.98. The van der Waals surface area contributed by atoms with Gasteiger partial charge in [-0.1, -0.05) is 6.92 Å². The molecule has 102 valence electrons. The molecular weight excluding hydrogens is 248 g/mol. The highest BCUT2D eigenvalue weighted by Gasteiger charge is 2.20. The van der Waals surface area contributed by atoms with Gasteiger partial charge in [0.25, 0.3) is 0 Å². The molecule has 0 fully saturated rings. The molecule has 0 aliphatic rings. The molecule has 0 saturated carbocycles. The van der Waals surface area contributed by atoms with Gasteiger partial charge in [0.15, 0.2) is 11.6 Å². The van der Waals surface area contributed by atoms with E-state index in [1.54, 1.807) is 13.4 Å². The van der Waals surface area contributed by atoms with Crippen LogP contribution in [0.15, 0.2) is 6.33 Å². The number of hydrogen-bond donors (Lipinski definition) is 1. The molecule has 0 spiro atoms. The van der Waals surface area contributed by atoms with Crippen LogP contribution in [0.4, 0.5) is 11.6 Å². The third-order valence-electron chi connectivity index (χ3n) is 2.94. The van der Waals surface area contributed by atoms with Crippen LogP contribution in [0.1, 0.15) is 13.3 Å². The number of aromatic nitrogens is 2. The number of ether oxygens (including phenoxy) is 1. The van der Waals surface area contributed by atoms with Crippen molar-refractivity contribution in [2.45, 2.75) is 19.4 Å². The van der Waals surface area contributed by atoms with Crippen LogP contribution in [0.25, 0.3) is 0 Å². The van der Waals surface area contributed by atoms with E-state index in [2.05, 4.69) is 40.4 Å². The van der Waals surface area contributed by atoms with Gasteiger partial charge in [0, 0.05) is 25.9 Å². The Labute approximate surface area is 113 Å². The third-order valence-corrected chi connectivity index (χ3v) is 3.66. The largest absolute Gasteiger partial charge is 0.490 e. The van der Waals surface area contributed by atoms with Gasteiger partial charge >= 0.3 is 0 Å². The standard InChI is InChI=1S/C12H22N4OS/c1-6-9(7-18-5)16(3)12-10(17-4)11(13-2)14-8-15-12/h8-9H,6-7H2,1-5H3,(H,13,14,15). The van der Waals surface area contributed by atoms with Gasteiger partial charge in [-0.05, 0) is 12.7 Å². The molecule has 0 aromatic carbocycles. The second-order valence-corrected chi connectivity index (χ2v) is 4.87. The molecule has 1 N–H and O–H groups in total. The first-order chi connectivity index (χ1) is 8.69. The number of rotatable bonds is 7. The number of nitrogens with one attached hydrogen (secondary N) is 1. The molecule has 1 rings (SSSR count). The van der Waals surface area contributed by atoms with Crippen LogP contribution in [-0.4, -0.2) is 49.2 Å². The fourth-order valence-corrected chi connectivity index (χ4v) is 2.69. The van der Waals surface area contributed by atoms with Crippen molar-refractivity contribution in [2.75, 3.05) is 43.4 Å². The SMILES string of the molecule is CCC(CSC)N(C)c1ncnc(NC)c1OC. The maximum atomic E-state index is 5.43. The van der Waals surface area contributed by atoms with Gasteiger partial charge in [-0.2, -0.15) is 11.8 Å². The summed E-state index contributed by atoms with van der Waals surface area (Å²) in [5.74, 6) is 3.31. The van der Waals surface area contributed by atoms with Crippen molar-refractivity contribution in [1.29, 1.82) is 0 Å². The van der Waals surface area contributed by atoms with Crippen LogP contribution < -0.4 is 15.0 Å². The summed E-state index contributed by atoms with van der Waals surface area (Å²) in [6.07, 6.45) is 4.75. The number of thioether (sulfide) groups is 1. The van der Waals surface area contributed by atoms with E-state index in [1.165, 1.54) is 0 Å². The highest BCUT2D eigenvalue weighted by atomic mass is 32.2. The highest BCUT2D eigenvalue weighted by Crippen LogP contribution is 2.32. The summed E-state index contributed by atoms with van der Waals surface area (Å²) < 4.78 is 5.43. The zero-order chi connectivity index (χ0) is 13.5. The Bertz CT molecular complexity index is 375. The van der Waals surface area contributed by atoms with Gasteiger partial charge < -0.3 is 15.0 Å². The molecule has 0 aliphatic carbocycles. The Balaban J connectivity index is 3.07. The van der Waals surface area contributed by atoms with E-state index in [-0.39, 0.29) is 0 Å². The number of anilines is 2. The molecule has 1 unspecified atom stereocenters. The van der Waals surface area contributed by atoms with Gasteiger partial charge in [-0.3, -0.25) is 0 Å². The highest BCUT2D eigenvalue weighted by molar-refractivity contribution is 7.98. The van der Waals surface area contributed by atoms with E-state index in [0.29, 0.717) is 17.6 Å². The number of methoxy groups -OCH3 is 1. The lowest BCUT2D eigenvalue weighted by Gasteiger charge is -2.29. The first-order valence-corrected chi connectivity index (χ1v) is 7.37. The van der Waals surface area contributed by atoms with Crippen molar-refractivity contribution in [1.82, 2.24) is 9.97 Å². The van der Waals surface area contributed by atoms with Crippen molar-refractivity contribution in [3.8, 4) is 5.75 Å². The Morgan fingerprint density at radius 2 is 2.22 bits per heavy atom. The summed E-state index contributed by atoms with van der Waals surface area (Å²) in [6.45, 7) is 2.18. The van der Waals surface area contributed by atoms with Crippen molar-refractivity contribution in [2.24, 2.45) is 0 Å². The van der Waals surface area contributed by atoms with Crippen molar-refractivity contribution in [3.05, 3.63) is 6.33 Å². The van der Waals surface area contributed by atoms with Crippen LogP contribution in [0.3, 0.4) is 0 Å². The third kappa shape index (κ3) is 3.19. The molecule has 1 heterocycles. The normalized spacial score (nSPS) is 12.1. The first kappa shape index (κ1) is 14.9. The lowest BCUT2D eigenvalue weighted by Crippen LogP contribution is -2.34. The fraction of sp³-hybridized carbons (Fsp3) is 0.667. The monoisotopic (exact) mass is 270 g/mol. The quantitative estimate of drug-likeness (QED) is 0.819. The van der Waals surface area contributed by atoms with Gasteiger partial charge in [0.1, 0.15) is 6.33 Å². The molecule has 0 bridgehead atoms. The zero-order valence-corrected chi connectivity index (χ0v) is 12.5. The molecule has 0 radical (unpaired) electrons. The molecule has 0 aliphatic heterocycles. The number of nitrogens with zero attached hydrogens (tertiary/aromatic N) is 3. The molecule has 1 atom stereocenters. The summed E-state index contributed by atoms with van der Waals surface area (Å²) in [6, 6.07) is 0.438. The van der Waals surface area contributed by atoms with E-state index >= 15 is 0 Å². The lowest BCUT2D eigenvalue weighted by atomic mass is 10.2. The average Bonchev–Trinajstić information content (AvgIpc) is 2.42. The molecule has 6 heteroatoms. The van der Waals surface area contributed by atoms with Crippen LogP contribution in [-0.2, 0) is 0 Å². The zero-order valence-electron chi connectivity index (χ0n) is 11.7. The Morgan fingerprint density at radius 3 is 2.72 bits per heavy atom. The van der Waals surface area contributed by atoms with Gasteiger partial charge in [-0.25, -0.2) is 9.97 Å². The molecule has 1 aromatic heterocycles. The minimum absolute atomic E-state index is 0.438. The Morgan fingerprint density at radius 1 is 1.50 bits per heavy atom. The molecule has 5 nitrogen and oxygen atoms in total. The summed E-state index contributed by atoms with van der Waals surface area (Å²) in [4.78, 5) is 10.7. The number of hydrogen-bond acceptors (Lipinski definition) is 6. The van der Waals surface area contributed by atoms with E-state index < -0.39 is 0 Å². The second kappa shape index (κ2) is 7.31. The summed E-state index contributed by atoms with van der Waals surface area (Å²) >= 11 is 1.84. The van der Waals surface area contributed by atoms with Crippen LogP contribution in [0, 0.1) is 0 Å². The van der Waals surface area contributed by atoms with Crippen LogP contribution >= 0.6 is 11.8 Å². The second-order valence-electron chi connectivity index (χ2n) is 3.96. The molecule has 18 heavy (non-hydrogen) atoms. The maximum absolute atomic E-state index is 5.43. The minimum Gasteiger partial charge on any atom is -0.490 e. The average molecular weight is 270 g/mol. The maximum Gasteiger partial charge on any atom is 0.204 e. The van der Waals surface area contributed by atoms with Crippen LogP contribution in [0.5, 0.6) is 5.75 Å². The van der Waals surface area contributed by atoms with Gasteiger partial charge in [0.05, 0.1) is 7.11 Å². The Hall–Kier alpha value is -1.17. The predicted molar refractivity (Wildman–Crippen MR) is 79.0 cm³/mol.